The normalized spacial score (nSPS) is 12.8. The van der Waals surface area contributed by atoms with Gasteiger partial charge in [-0.2, -0.15) is 0 Å². The van der Waals surface area contributed by atoms with Crippen LogP contribution in [0.5, 0.6) is 0 Å². The summed E-state index contributed by atoms with van der Waals surface area (Å²) in [4.78, 5) is 13.0. The smallest absolute Gasteiger partial charge is 0.220 e. The van der Waals surface area contributed by atoms with Crippen molar-refractivity contribution in [1.29, 1.82) is 0 Å². The first-order valence-electron chi connectivity index (χ1n) is 8.47. The van der Waals surface area contributed by atoms with E-state index in [1.807, 2.05) is 43.5 Å². The Labute approximate surface area is 154 Å². The summed E-state index contributed by atoms with van der Waals surface area (Å²) in [6.07, 6.45) is 2.17. The van der Waals surface area contributed by atoms with Gasteiger partial charge in [0.25, 0.3) is 0 Å². The maximum absolute atomic E-state index is 13.3. The average molecular weight is 380 g/mol. The first kappa shape index (κ1) is 19.7. The van der Waals surface area contributed by atoms with Gasteiger partial charge in [0.05, 0.1) is 4.90 Å². The van der Waals surface area contributed by atoms with Crippen molar-refractivity contribution in [3.05, 3.63) is 51.7 Å². The molecule has 0 unspecified atom stereocenters. The number of hydrogen-bond acceptors (Lipinski definition) is 4. The highest BCUT2D eigenvalue weighted by Crippen LogP contribution is 2.33. The molecule has 0 saturated heterocycles. The molecule has 0 aliphatic heterocycles. The summed E-state index contributed by atoms with van der Waals surface area (Å²) >= 11 is 1.40. The lowest BCUT2D eigenvalue weighted by atomic mass is 10.2. The Bertz CT molecular complexity index is 811. The fourth-order valence-electron chi connectivity index (χ4n) is 2.64. The van der Waals surface area contributed by atoms with Gasteiger partial charge in [-0.15, -0.1) is 11.3 Å². The van der Waals surface area contributed by atoms with E-state index in [9.17, 15) is 13.2 Å². The number of thiophene rings is 1. The minimum absolute atomic E-state index is 0.0960. The number of nitrogens with one attached hydrogen (secondary N) is 1. The summed E-state index contributed by atoms with van der Waals surface area (Å²) < 4.78 is 26.6. The predicted molar refractivity (Wildman–Crippen MR) is 103 cm³/mol. The van der Waals surface area contributed by atoms with E-state index in [0.717, 1.165) is 28.8 Å². The summed E-state index contributed by atoms with van der Waals surface area (Å²) in [6, 6.07) is 9.10. The van der Waals surface area contributed by atoms with Gasteiger partial charge in [-0.1, -0.05) is 31.5 Å². The molecule has 2 rings (SSSR count). The first-order valence-corrected chi connectivity index (χ1v) is 10.9. The Morgan fingerprint density at radius 1 is 1.24 bits per heavy atom. The summed E-state index contributed by atoms with van der Waals surface area (Å²) in [7, 11) is -3.60. The van der Waals surface area contributed by atoms with Crippen molar-refractivity contribution in [2.75, 3.05) is 6.54 Å². The van der Waals surface area contributed by atoms with Crippen LogP contribution in [-0.4, -0.2) is 20.9 Å². The molecule has 0 aliphatic rings. The topological polar surface area (TPSA) is 63.2 Å². The van der Waals surface area contributed by atoms with E-state index < -0.39 is 15.1 Å². The zero-order valence-corrected chi connectivity index (χ0v) is 16.5. The van der Waals surface area contributed by atoms with Gasteiger partial charge < -0.3 is 5.32 Å². The van der Waals surface area contributed by atoms with Crippen LogP contribution < -0.4 is 5.32 Å². The van der Waals surface area contributed by atoms with Crippen LogP contribution in [0.2, 0.25) is 0 Å². The van der Waals surface area contributed by atoms with Gasteiger partial charge >= 0.3 is 0 Å². The van der Waals surface area contributed by atoms with E-state index in [0.29, 0.717) is 11.3 Å². The molecule has 0 fully saturated rings. The first-order chi connectivity index (χ1) is 11.9. The summed E-state index contributed by atoms with van der Waals surface area (Å²) in [5, 5.41) is 3.90. The summed E-state index contributed by atoms with van der Waals surface area (Å²) in [5.74, 6) is -0.0976. The third-order valence-corrected chi connectivity index (χ3v) is 7.49. The lowest BCUT2D eigenvalue weighted by molar-refractivity contribution is -0.121. The Kier molecular flexibility index (Phi) is 6.79. The maximum Gasteiger partial charge on any atom is 0.220 e. The molecule has 0 bridgehead atoms. The number of unbranched alkanes of at least 4 members (excludes halogenated alkanes) is 1. The second kappa shape index (κ2) is 8.63. The third kappa shape index (κ3) is 4.92. The Hall–Kier alpha value is -1.66. The van der Waals surface area contributed by atoms with Crippen LogP contribution in [0.3, 0.4) is 0 Å². The van der Waals surface area contributed by atoms with E-state index in [4.69, 9.17) is 0 Å². The van der Waals surface area contributed by atoms with Crippen molar-refractivity contribution in [2.45, 2.75) is 50.2 Å². The highest BCUT2D eigenvalue weighted by molar-refractivity contribution is 7.92. The van der Waals surface area contributed by atoms with Gasteiger partial charge in [0.15, 0.2) is 9.84 Å². The second-order valence-electron chi connectivity index (χ2n) is 6.23. The molecule has 1 N–H and O–H groups in total. The molecule has 0 spiro atoms. The molecule has 6 heteroatoms. The molecule has 1 amide bonds. The minimum Gasteiger partial charge on any atom is -0.354 e. The van der Waals surface area contributed by atoms with Crippen molar-refractivity contribution < 1.29 is 13.2 Å². The molecule has 1 heterocycles. The minimum atomic E-state index is -3.60. The molecule has 1 aromatic carbocycles. The predicted octanol–water partition coefficient (Wildman–Crippen LogP) is 4.19. The molecule has 4 nitrogen and oxygen atoms in total. The third-order valence-electron chi connectivity index (χ3n) is 4.13. The quantitative estimate of drug-likeness (QED) is 0.748. The van der Waals surface area contributed by atoms with Gasteiger partial charge in [-0.25, -0.2) is 8.42 Å². The van der Waals surface area contributed by atoms with Gasteiger partial charge in [-0.05, 0) is 48.9 Å². The van der Waals surface area contributed by atoms with Crippen molar-refractivity contribution in [3.63, 3.8) is 0 Å². The SMILES string of the molecule is CCCCC(=O)NC[C@H](c1cccs1)S(=O)(=O)c1cc(C)ccc1C. The van der Waals surface area contributed by atoms with Crippen molar-refractivity contribution in [1.82, 2.24) is 5.32 Å². The van der Waals surface area contributed by atoms with Crippen LogP contribution in [-0.2, 0) is 14.6 Å². The number of aryl methyl sites for hydroxylation is 2. The zero-order valence-electron chi connectivity index (χ0n) is 14.9. The molecule has 2 aromatic rings. The number of benzene rings is 1. The van der Waals surface area contributed by atoms with Gasteiger partial charge in [0.1, 0.15) is 5.25 Å². The summed E-state index contributed by atoms with van der Waals surface area (Å²) in [6.45, 7) is 5.80. The van der Waals surface area contributed by atoms with Crippen molar-refractivity contribution in [3.8, 4) is 0 Å². The van der Waals surface area contributed by atoms with Crippen LogP contribution in [0.25, 0.3) is 0 Å². The molecule has 25 heavy (non-hydrogen) atoms. The maximum atomic E-state index is 13.3. The van der Waals surface area contributed by atoms with Gasteiger partial charge in [0.2, 0.25) is 5.91 Å². The van der Waals surface area contributed by atoms with E-state index in [2.05, 4.69) is 5.32 Å². The number of amides is 1. The molecular formula is C19H25NO3S2. The van der Waals surface area contributed by atoms with E-state index in [1.54, 1.807) is 13.0 Å². The average Bonchev–Trinajstić information content (AvgIpc) is 3.09. The molecule has 0 radical (unpaired) electrons. The van der Waals surface area contributed by atoms with Crippen molar-refractivity contribution >= 4 is 27.1 Å². The van der Waals surface area contributed by atoms with Gasteiger partial charge in [-0.3, -0.25) is 4.79 Å². The standard InChI is InChI=1S/C19H25NO3S2/c1-4-5-8-19(21)20-13-18(16-7-6-11-24-16)25(22,23)17-12-14(2)9-10-15(17)3/h6-7,9-12,18H,4-5,8,13H2,1-3H3,(H,20,21)/t18-/m1/s1. The van der Waals surface area contributed by atoms with Crippen molar-refractivity contribution in [2.24, 2.45) is 0 Å². The molecular weight excluding hydrogens is 354 g/mol. The van der Waals surface area contributed by atoms with Crippen LogP contribution >= 0.6 is 11.3 Å². The summed E-state index contributed by atoms with van der Waals surface area (Å²) in [5.41, 5.74) is 1.63. The van der Waals surface area contributed by atoms with E-state index in [-0.39, 0.29) is 12.5 Å². The Morgan fingerprint density at radius 2 is 2.00 bits per heavy atom. The Morgan fingerprint density at radius 3 is 2.64 bits per heavy atom. The van der Waals surface area contributed by atoms with Gasteiger partial charge in [0, 0.05) is 17.8 Å². The molecule has 136 valence electrons. The monoisotopic (exact) mass is 379 g/mol. The fourth-order valence-corrected chi connectivity index (χ4v) is 5.75. The van der Waals surface area contributed by atoms with Crippen LogP contribution in [0.4, 0.5) is 0 Å². The van der Waals surface area contributed by atoms with E-state index in [1.165, 1.54) is 11.3 Å². The number of carbonyl (C=O) groups is 1. The number of hydrogen-bond donors (Lipinski definition) is 1. The van der Waals surface area contributed by atoms with Crippen LogP contribution in [0, 0.1) is 13.8 Å². The number of carbonyl (C=O) groups excluding carboxylic acids is 1. The molecule has 0 saturated carbocycles. The van der Waals surface area contributed by atoms with Crippen LogP contribution in [0.1, 0.15) is 47.4 Å². The molecule has 1 atom stereocenters. The largest absolute Gasteiger partial charge is 0.354 e. The number of rotatable bonds is 8. The van der Waals surface area contributed by atoms with Crippen LogP contribution in [0.15, 0.2) is 40.6 Å². The Balaban J connectivity index is 2.32. The number of sulfone groups is 1. The fraction of sp³-hybridized carbons (Fsp3) is 0.421. The molecule has 1 aromatic heterocycles. The lowest BCUT2D eigenvalue weighted by Crippen LogP contribution is -2.31. The highest BCUT2D eigenvalue weighted by atomic mass is 32.2. The second-order valence-corrected chi connectivity index (χ2v) is 9.30. The highest BCUT2D eigenvalue weighted by Gasteiger charge is 2.31. The molecule has 0 aliphatic carbocycles. The zero-order chi connectivity index (χ0) is 18.4. The van der Waals surface area contributed by atoms with E-state index >= 15 is 0 Å². The lowest BCUT2D eigenvalue weighted by Gasteiger charge is -2.19.